The SMILES string of the molecule is COc1ccc2c(c1)O[B-]1(c3ccccc3)OC(=O)c3ccccc3[N+]1=C2. The number of fused-ring (bicyclic) bond motifs is 4. The number of ether oxygens (including phenoxy) is 1. The van der Waals surface area contributed by atoms with Gasteiger partial charge in [0.05, 0.1) is 18.4 Å². The van der Waals surface area contributed by atoms with Crippen LogP contribution in [-0.4, -0.2) is 30.5 Å². The Morgan fingerprint density at radius 1 is 0.926 bits per heavy atom. The maximum absolute atomic E-state index is 12.8. The molecule has 27 heavy (non-hydrogen) atoms. The molecule has 3 aromatic rings. The summed E-state index contributed by atoms with van der Waals surface area (Å²) in [6.45, 7) is -2.26. The van der Waals surface area contributed by atoms with Crippen molar-refractivity contribution in [3.05, 3.63) is 83.9 Å². The fraction of sp³-hybridized carbons (Fsp3) is 0.0476. The van der Waals surface area contributed by atoms with Crippen LogP contribution in [0.25, 0.3) is 0 Å². The van der Waals surface area contributed by atoms with E-state index < -0.39 is 12.7 Å². The summed E-state index contributed by atoms with van der Waals surface area (Å²) in [5.41, 5.74) is 2.95. The highest BCUT2D eigenvalue weighted by molar-refractivity contribution is 6.77. The zero-order valence-electron chi connectivity index (χ0n) is 14.7. The van der Waals surface area contributed by atoms with Gasteiger partial charge in [-0.1, -0.05) is 42.5 Å². The second kappa shape index (κ2) is 5.74. The second-order valence-electron chi connectivity index (χ2n) is 6.56. The van der Waals surface area contributed by atoms with Gasteiger partial charge in [0.1, 0.15) is 17.5 Å². The van der Waals surface area contributed by atoms with Gasteiger partial charge in [0.2, 0.25) is 0 Å². The molecule has 0 aromatic heterocycles. The molecule has 0 bridgehead atoms. The zero-order valence-corrected chi connectivity index (χ0v) is 14.7. The summed E-state index contributed by atoms with van der Waals surface area (Å²) in [5.74, 6) is 0.893. The van der Waals surface area contributed by atoms with Gasteiger partial charge in [0.15, 0.2) is 5.69 Å². The molecule has 0 saturated heterocycles. The van der Waals surface area contributed by atoms with Crippen LogP contribution in [0.15, 0.2) is 72.8 Å². The maximum Gasteiger partial charge on any atom is 0.686 e. The fourth-order valence-corrected chi connectivity index (χ4v) is 3.73. The van der Waals surface area contributed by atoms with Crippen LogP contribution in [0.1, 0.15) is 15.9 Å². The fourth-order valence-electron chi connectivity index (χ4n) is 3.73. The zero-order chi connectivity index (χ0) is 18.4. The van der Waals surface area contributed by atoms with Crippen LogP contribution in [-0.2, 0) is 4.65 Å². The van der Waals surface area contributed by atoms with E-state index in [-0.39, 0.29) is 0 Å². The summed E-state index contributed by atoms with van der Waals surface area (Å²) in [6, 6.07) is 22.6. The van der Waals surface area contributed by atoms with Gasteiger partial charge in [0, 0.05) is 12.1 Å². The number of carbonyl (C=O) groups is 1. The molecule has 132 valence electrons. The molecule has 0 fully saturated rings. The number of methoxy groups -OCH3 is 1. The highest BCUT2D eigenvalue weighted by Gasteiger charge is 2.56. The van der Waals surface area contributed by atoms with E-state index in [1.807, 2.05) is 77.4 Å². The van der Waals surface area contributed by atoms with E-state index >= 15 is 0 Å². The minimum Gasteiger partial charge on any atom is -0.618 e. The lowest BCUT2D eigenvalue weighted by molar-refractivity contribution is -0.334. The largest absolute Gasteiger partial charge is 0.686 e. The number of carbonyl (C=O) groups excluding carboxylic acids is 1. The third-order valence-electron chi connectivity index (χ3n) is 5.04. The van der Waals surface area contributed by atoms with E-state index in [4.69, 9.17) is 14.0 Å². The molecule has 0 aliphatic carbocycles. The molecule has 6 heteroatoms. The van der Waals surface area contributed by atoms with Crippen LogP contribution in [0.4, 0.5) is 5.69 Å². The van der Waals surface area contributed by atoms with Gasteiger partial charge in [-0.2, -0.15) is 0 Å². The Morgan fingerprint density at radius 2 is 1.70 bits per heavy atom. The molecule has 0 radical (unpaired) electrons. The molecule has 3 aromatic carbocycles. The molecule has 1 atom stereocenters. The number of para-hydroxylation sites is 1. The van der Waals surface area contributed by atoms with E-state index in [2.05, 4.69) is 0 Å². The minimum absolute atomic E-state index is 0.398. The van der Waals surface area contributed by atoms with Crippen LogP contribution in [0.3, 0.4) is 0 Å². The van der Waals surface area contributed by atoms with Crippen molar-refractivity contribution in [3.8, 4) is 11.5 Å². The molecular weight excluding hydrogens is 341 g/mol. The standard InChI is InChI=1S/C21H16BNO4/c1-25-17-12-11-15-14-23-19-10-6-5-9-18(19)21(24)27-22(23,26-20(15)13-17)16-7-3-2-4-8-16/h2-14H,1H3. The molecule has 1 unspecified atom stereocenters. The lowest BCUT2D eigenvalue weighted by Crippen LogP contribution is -2.68. The maximum atomic E-state index is 12.8. The average molecular weight is 357 g/mol. The van der Waals surface area contributed by atoms with Crippen molar-refractivity contribution < 1.29 is 23.3 Å². The van der Waals surface area contributed by atoms with Gasteiger partial charge < -0.3 is 18.5 Å². The normalized spacial score (nSPS) is 19.6. The molecule has 0 N–H and O–H groups in total. The summed E-state index contributed by atoms with van der Waals surface area (Å²) in [5, 5.41) is 0. The summed E-state index contributed by atoms with van der Waals surface area (Å²) in [4.78, 5) is 12.8. The lowest BCUT2D eigenvalue weighted by Gasteiger charge is -2.42. The number of rotatable bonds is 2. The third-order valence-corrected chi connectivity index (χ3v) is 5.04. The first-order chi connectivity index (χ1) is 13.2. The quantitative estimate of drug-likeness (QED) is 0.662. The Hall–Kier alpha value is -3.54. The molecule has 0 amide bonds. The van der Waals surface area contributed by atoms with Crippen molar-refractivity contribution in [2.75, 3.05) is 7.11 Å². The van der Waals surface area contributed by atoms with E-state index in [1.165, 1.54) is 0 Å². The molecule has 2 aliphatic heterocycles. The second-order valence-corrected chi connectivity index (χ2v) is 6.56. The summed E-state index contributed by atoms with van der Waals surface area (Å²) >= 11 is 0. The molecular formula is C21H16BNO4. The molecule has 0 saturated carbocycles. The Morgan fingerprint density at radius 3 is 2.52 bits per heavy atom. The van der Waals surface area contributed by atoms with E-state index in [0.29, 0.717) is 17.1 Å². The molecule has 5 rings (SSSR count). The Kier molecular flexibility index (Phi) is 3.34. The number of nitrogens with zero attached hydrogens (tertiary/aromatic N) is 1. The average Bonchev–Trinajstić information content (AvgIpc) is 2.73. The highest BCUT2D eigenvalue weighted by atomic mass is 16.6. The molecule has 2 aliphatic rings. The van der Waals surface area contributed by atoms with Gasteiger partial charge in [0.25, 0.3) is 0 Å². The number of benzene rings is 3. The van der Waals surface area contributed by atoms with Crippen molar-refractivity contribution in [2.24, 2.45) is 0 Å². The van der Waals surface area contributed by atoms with Gasteiger partial charge in [-0.15, -0.1) is 0 Å². The van der Waals surface area contributed by atoms with Crippen molar-refractivity contribution in [2.45, 2.75) is 0 Å². The minimum atomic E-state index is -2.26. The van der Waals surface area contributed by atoms with E-state index in [1.54, 1.807) is 13.2 Å². The molecule has 0 spiro atoms. The van der Waals surface area contributed by atoms with E-state index in [0.717, 1.165) is 16.7 Å². The van der Waals surface area contributed by atoms with Crippen molar-refractivity contribution in [1.29, 1.82) is 0 Å². The van der Waals surface area contributed by atoms with Crippen molar-refractivity contribution >= 4 is 30.0 Å². The third kappa shape index (κ3) is 2.26. The Bertz CT molecular complexity index is 1100. The van der Waals surface area contributed by atoms with Gasteiger partial charge in [-0.3, -0.25) is 4.79 Å². The smallest absolute Gasteiger partial charge is 0.618 e. The number of hydrogen-bond acceptors (Lipinski definition) is 4. The first kappa shape index (κ1) is 15.7. The molecule has 5 nitrogen and oxygen atoms in total. The predicted molar refractivity (Wildman–Crippen MR) is 102 cm³/mol. The van der Waals surface area contributed by atoms with Crippen molar-refractivity contribution in [1.82, 2.24) is 0 Å². The Labute approximate surface area is 156 Å². The first-order valence-electron chi connectivity index (χ1n) is 8.74. The monoisotopic (exact) mass is 357 g/mol. The van der Waals surface area contributed by atoms with Crippen LogP contribution in [0.2, 0.25) is 0 Å². The first-order valence-corrected chi connectivity index (χ1v) is 8.74. The molecule has 2 heterocycles. The summed E-state index contributed by atoms with van der Waals surface area (Å²) in [6.07, 6.45) is 1.97. The topological polar surface area (TPSA) is 47.8 Å². The Balaban J connectivity index is 1.81. The van der Waals surface area contributed by atoms with Gasteiger partial charge in [-0.05, 0) is 23.7 Å². The van der Waals surface area contributed by atoms with Gasteiger partial charge >= 0.3 is 12.7 Å². The van der Waals surface area contributed by atoms with Crippen molar-refractivity contribution in [3.63, 3.8) is 0 Å². The highest BCUT2D eigenvalue weighted by Crippen LogP contribution is 2.37. The van der Waals surface area contributed by atoms with Gasteiger partial charge in [-0.25, -0.2) is 0 Å². The van der Waals surface area contributed by atoms with E-state index in [9.17, 15) is 4.79 Å². The van der Waals surface area contributed by atoms with Crippen LogP contribution < -0.4 is 14.9 Å². The van der Waals surface area contributed by atoms with Crippen LogP contribution in [0, 0.1) is 0 Å². The van der Waals surface area contributed by atoms with Crippen LogP contribution in [0.5, 0.6) is 11.5 Å². The summed E-state index contributed by atoms with van der Waals surface area (Å²) < 4.78 is 19.6. The lowest BCUT2D eigenvalue weighted by atomic mass is 9.60. The van der Waals surface area contributed by atoms with Crippen LogP contribution >= 0.6 is 0 Å². The predicted octanol–water partition coefficient (Wildman–Crippen LogP) is 2.87. The number of hydrogen-bond donors (Lipinski definition) is 0. The summed E-state index contributed by atoms with van der Waals surface area (Å²) in [7, 11) is 1.61.